The molecule has 5 heterocycles. The number of fused-ring (bicyclic) bond motifs is 2. The molecule has 1 N–H and O–H groups in total. The second-order valence-corrected chi connectivity index (χ2v) is 10.3. The van der Waals surface area contributed by atoms with Gasteiger partial charge in [-0.15, -0.1) is 11.3 Å². The van der Waals surface area contributed by atoms with E-state index in [2.05, 4.69) is 31.2 Å². The number of nitrogens with zero attached hydrogens (tertiary/aromatic N) is 6. The minimum Gasteiger partial charge on any atom is -0.375 e. The number of hydrogen-bond donors (Lipinski definition) is 1. The lowest BCUT2D eigenvalue weighted by Crippen LogP contribution is -2.38. The lowest BCUT2D eigenvalue weighted by molar-refractivity contribution is 0.0757. The highest BCUT2D eigenvalue weighted by atomic mass is 32.1. The van der Waals surface area contributed by atoms with Crippen molar-refractivity contribution >= 4 is 33.4 Å². The maximum Gasteiger partial charge on any atom is 0.251 e. The smallest absolute Gasteiger partial charge is 0.251 e. The molecule has 6 rings (SSSR count). The van der Waals surface area contributed by atoms with Gasteiger partial charge in [-0.2, -0.15) is 5.26 Å². The fourth-order valence-corrected chi connectivity index (χ4v) is 5.27. The summed E-state index contributed by atoms with van der Waals surface area (Å²) in [7, 11) is 0. The standard InChI is InChI=1S/C26H23N7O2S/c1-26(14-27)15-35-13-17-4-3-16(9-19(17)26)23(34)30-11-18-10-21-22(12-29-18)36-24(31-21)20-5-6-28-25(32-20)33-7-2-8-33/h3-6,9-10,12H,2,7-8,11,13,15H2,1H3,(H,30,34)/t26-/m1/s1. The molecule has 1 aromatic carbocycles. The average Bonchev–Trinajstić information content (AvgIpc) is 3.30. The lowest BCUT2D eigenvalue weighted by Gasteiger charge is -2.30. The van der Waals surface area contributed by atoms with E-state index in [4.69, 9.17) is 9.72 Å². The first-order valence-electron chi connectivity index (χ1n) is 11.8. The molecule has 0 unspecified atom stereocenters. The third kappa shape index (κ3) is 4.06. The second kappa shape index (κ2) is 8.93. The van der Waals surface area contributed by atoms with Crippen LogP contribution in [-0.2, 0) is 23.3 Å². The van der Waals surface area contributed by atoms with E-state index in [1.165, 1.54) is 17.8 Å². The lowest BCUT2D eigenvalue weighted by atomic mass is 9.79. The molecule has 0 radical (unpaired) electrons. The van der Waals surface area contributed by atoms with Crippen LogP contribution in [0.15, 0.2) is 42.7 Å². The van der Waals surface area contributed by atoms with Crippen LogP contribution < -0.4 is 10.2 Å². The number of nitrogens with one attached hydrogen (secondary N) is 1. The van der Waals surface area contributed by atoms with E-state index in [0.717, 1.165) is 51.1 Å². The SMILES string of the molecule is C[C@@]1(C#N)COCc2ccc(C(=O)NCc3cc4nc(-c5ccnc(N6CCC6)n5)sc4cn3)cc21. The molecule has 1 amide bonds. The summed E-state index contributed by atoms with van der Waals surface area (Å²) in [6, 6.07) is 11.5. The number of carbonyl (C=O) groups is 1. The summed E-state index contributed by atoms with van der Waals surface area (Å²) >= 11 is 1.53. The van der Waals surface area contributed by atoms with E-state index in [9.17, 15) is 10.1 Å². The maximum atomic E-state index is 12.9. The molecular formula is C26H23N7O2S. The summed E-state index contributed by atoms with van der Waals surface area (Å²) in [5.41, 5.74) is 3.86. The Labute approximate surface area is 211 Å². The van der Waals surface area contributed by atoms with Crippen molar-refractivity contribution in [3.63, 3.8) is 0 Å². The van der Waals surface area contributed by atoms with Crippen LogP contribution in [0.4, 0.5) is 5.95 Å². The first kappa shape index (κ1) is 22.5. The Bertz CT molecular complexity index is 1520. The Kier molecular flexibility index (Phi) is 5.59. The van der Waals surface area contributed by atoms with Gasteiger partial charge in [0, 0.05) is 31.0 Å². The van der Waals surface area contributed by atoms with Gasteiger partial charge in [-0.3, -0.25) is 9.78 Å². The van der Waals surface area contributed by atoms with Gasteiger partial charge in [-0.05, 0) is 48.7 Å². The van der Waals surface area contributed by atoms with Crippen molar-refractivity contribution in [2.24, 2.45) is 0 Å². The number of pyridine rings is 1. The van der Waals surface area contributed by atoms with E-state index in [0.29, 0.717) is 24.5 Å². The normalized spacial score (nSPS) is 18.8. The molecule has 4 aromatic rings. The average molecular weight is 498 g/mol. The van der Waals surface area contributed by atoms with Crippen LogP contribution in [0.1, 0.15) is 40.5 Å². The highest BCUT2D eigenvalue weighted by Gasteiger charge is 2.33. The number of rotatable bonds is 5. The van der Waals surface area contributed by atoms with E-state index >= 15 is 0 Å². The number of aromatic nitrogens is 4. The molecule has 0 aliphatic carbocycles. The van der Waals surface area contributed by atoms with Crippen molar-refractivity contribution in [3.8, 4) is 16.8 Å². The van der Waals surface area contributed by atoms with Crippen LogP contribution in [0.25, 0.3) is 20.9 Å². The first-order chi connectivity index (χ1) is 17.5. The van der Waals surface area contributed by atoms with E-state index in [1.54, 1.807) is 24.5 Å². The number of hydrogen-bond acceptors (Lipinski definition) is 9. The Morgan fingerprint density at radius 3 is 2.94 bits per heavy atom. The Balaban J connectivity index is 1.18. The predicted octanol–water partition coefficient (Wildman–Crippen LogP) is 3.60. The van der Waals surface area contributed by atoms with E-state index < -0.39 is 5.41 Å². The van der Waals surface area contributed by atoms with Gasteiger partial charge < -0.3 is 15.0 Å². The Morgan fingerprint density at radius 2 is 2.14 bits per heavy atom. The predicted molar refractivity (Wildman–Crippen MR) is 136 cm³/mol. The molecule has 1 atom stereocenters. The molecule has 180 valence electrons. The number of carbonyl (C=O) groups excluding carboxylic acids is 1. The molecule has 3 aromatic heterocycles. The van der Waals surface area contributed by atoms with Crippen molar-refractivity contribution in [2.45, 2.75) is 31.9 Å². The van der Waals surface area contributed by atoms with Crippen LogP contribution >= 0.6 is 11.3 Å². The van der Waals surface area contributed by atoms with Crippen molar-refractivity contribution < 1.29 is 9.53 Å². The van der Waals surface area contributed by atoms with Crippen LogP contribution in [0, 0.1) is 11.3 Å². The van der Waals surface area contributed by atoms with Gasteiger partial charge in [0.15, 0.2) is 0 Å². The molecule has 1 saturated heterocycles. The second-order valence-electron chi connectivity index (χ2n) is 9.24. The third-order valence-electron chi connectivity index (χ3n) is 6.62. The zero-order valence-corrected chi connectivity index (χ0v) is 20.5. The van der Waals surface area contributed by atoms with Gasteiger partial charge in [0.05, 0.1) is 41.7 Å². The number of nitriles is 1. The molecule has 9 nitrogen and oxygen atoms in total. The summed E-state index contributed by atoms with van der Waals surface area (Å²) in [5, 5.41) is 13.4. The number of anilines is 1. The molecule has 10 heteroatoms. The monoisotopic (exact) mass is 497 g/mol. The van der Waals surface area contributed by atoms with Crippen molar-refractivity contribution in [2.75, 3.05) is 24.6 Å². The number of ether oxygens (including phenoxy) is 1. The van der Waals surface area contributed by atoms with Gasteiger partial charge >= 0.3 is 0 Å². The summed E-state index contributed by atoms with van der Waals surface area (Å²) in [4.78, 5) is 33.4. The van der Waals surface area contributed by atoms with Gasteiger partial charge in [-0.25, -0.2) is 15.0 Å². The molecule has 1 fully saturated rings. The summed E-state index contributed by atoms with van der Waals surface area (Å²) in [5.74, 6) is 0.522. The molecule has 2 aliphatic heterocycles. The van der Waals surface area contributed by atoms with Crippen LogP contribution in [0.3, 0.4) is 0 Å². The van der Waals surface area contributed by atoms with Gasteiger partial charge in [0.25, 0.3) is 5.91 Å². The van der Waals surface area contributed by atoms with Gasteiger partial charge in [0.2, 0.25) is 5.95 Å². The molecule has 0 bridgehead atoms. The first-order valence-corrected chi connectivity index (χ1v) is 12.6. The van der Waals surface area contributed by atoms with Crippen molar-refractivity contribution in [3.05, 3.63) is 65.1 Å². The molecule has 0 spiro atoms. The van der Waals surface area contributed by atoms with Crippen molar-refractivity contribution in [1.82, 2.24) is 25.3 Å². The molecule has 36 heavy (non-hydrogen) atoms. The van der Waals surface area contributed by atoms with Gasteiger partial charge in [0.1, 0.15) is 16.1 Å². The van der Waals surface area contributed by atoms with E-state index in [1.807, 2.05) is 25.1 Å². The highest BCUT2D eigenvalue weighted by Crippen LogP contribution is 2.33. The minimum atomic E-state index is -0.765. The quantitative estimate of drug-likeness (QED) is 0.445. The molecule has 2 aliphatic rings. The number of benzene rings is 1. The van der Waals surface area contributed by atoms with Crippen LogP contribution in [0.5, 0.6) is 0 Å². The number of amides is 1. The highest BCUT2D eigenvalue weighted by molar-refractivity contribution is 7.21. The Hall–Kier alpha value is -3.94. The molecule has 0 saturated carbocycles. The maximum absolute atomic E-state index is 12.9. The van der Waals surface area contributed by atoms with Crippen LogP contribution in [-0.4, -0.2) is 45.5 Å². The summed E-state index contributed by atoms with van der Waals surface area (Å²) in [6.07, 6.45) is 4.72. The topological polar surface area (TPSA) is 117 Å². The van der Waals surface area contributed by atoms with Crippen LogP contribution in [0.2, 0.25) is 0 Å². The minimum absolute atomic E-state index is 0.218. The summed E-state index contributed by atoms with van der Waals surface area (Å²) in [6.45, 7) is 4.84. The largest absolute Gasteiger partial charge is 0.375 e. The fourth-order valence-electron chi connectivity index (χ4n) is 4.38. The molecular weight excluding hydrogens is 474 g/mol. The van der Waals surface area contributed by atoms with E-state index in [-0.39, 0.29) is 12.5 Å². The van der Waals surface area contributed by atoms with Crippen molar-refractivity contribution in [1.29, 1.82) is 5.26 Å². The zero-order chi connectivity index (χ0) is 24.7. The zero-order valence-electron chi connectivity index (χ0n) is 19.7. The fraction of sp³-hybridized carbons (Fsp3) is 0.308. The Morgan fingerprint density at radius 1 is 1.25 bits per heavy atom. The van der Waals surface area contributed by atoms with Gasteiger partial charge in [-0.1, -0.05) is 6.07 Å². The third-order valence-corrected chi connectivity index (χ3v) is 7.65. The summed E-state index contributed by atoms with van der Waals surface area (Å²) < 4.78 is 6.51. The number of thiazole rings is 1.